The first kappa shape index (κ1) is 19.2. The Bertz CT molecular complexity index is 841. The number of hydrogen-bond acceptors (Lipinski definition) is 6. The number of rotatable bonds is 3. The molecule has 0 unspecified atom stereocenters. The second-order valence-electron chi connectivity index (χ2n) is 7.38. The number of amides is 2. The van der Waals surface area contributed by atoms with E-state index in [0.29, 0.717) is 37.7 Å². The van der Waals surface area contributed by atoms with Crippen LogP contribution in [0.25, 0.3) is 0 Å². The van der Waals surface area contributed by atoms with Crippen LogP contribution in [0.15, 0.2) is 42.7 Å². The molecule has 29 heavy (non-hydrogen) atoms. The van der Waals surface area contributed by atoms with Crippen LogP contribution in [0.2, 0.25) is 0 Å². The lowest BCUT2D eigenvalue weighted by Gasteiger charge is -2.36. The summed E-state index contributed by atoms with van der Waals surface area (Å²) in [6.07, 6.45) is 3.23. The lowest BCUT2D eigenvalue weighted by molar-refractivity contribution is -0.130. The molecule has 0 atom stereocenters. The zero-order chi connectivity index (χ0) is 20.2. The molecule has 0 spiro atoms. The first-order valence-corrected chi connectivity index (χ1v) is 10.0. The maximum absolute atomic E-state index is 12.7. The van der Waals surface area contributed by atoms with Gasteiger partial charge in [-0.15, -0.1) is 0 Å². The van der Waals surface area contributed by atoms with Crippen molar-refractivity contribution in [2.24, 2.45) is 0 Å². The van der Waals surface area contributed by atoms with E-state index in [1.54, 1.807) is 29.1 Å². The number of anilines is 2. The molecule has 1 aromatic heterocycles. The number of benzene rings is 1. The van der Waals surface area contributed by atoms with Crippen molar-refractivity contribution in [2.45, 2.75) is 6.92 Å². The summed E-state index contributed by atoms with van der Waals surface area (Å²) >= 11 is 0. The number of carbonyl (C=O) groups excluding carboxylic acids is 2. The van der Waals surface area contributed by atoms with Crippen LogP contribution in [-0.4, -0.2) is 83.9 Å². The van der Waals surface area contributed by atoms with Crippen LogP contribution < -0.4 is 9.80 Å². The maximum atomic E-state index is 12.7. The van der Waals surface area contributed by atoms with Crippen LogP contribution in [-0.2, 0) is 4.79 Å². The third-order valence-electron chi connectivity index (χ3n) is 5.58. The molecule has 8 heteroatoms. The Balaban J connectivity index is 1.33. The van der Waals surface area contributed by atoms with Crippen LogP contribution in [0.1, 0.15) is 17.3 Å². The van der Waals surface area contributed by atoms with E-state index in [9.17, 15) is 9.59 Å². The van der Waals surface area contributed by atoms with Gasteiger partial charge in [0, 0.05) is 77.4 Å². The monoisotopic (exact) mass is 394 g/mol. The SMILES string of the molecule is CC(=O)N1CCN(C(=O)c2cnc(N3CCN(c4ccccc4)CC3)nc2)CC1. The van der Waals surface area contributed by atoms with Gasteiger partial charge in [-0.3, -0.25) is 9.59 Å². The van der Waals surface area contributed by atoms with E-state index < -0.39 is 0 Å². The Labute approximate surface area is 170 Å². The Morgan fingerprint density at radius 1 is 0.759 bits per heavy atom. The standard InChI is InChI=1S/C21H26N6O2/c1-17(28)24-7-11-26(12-8-24)20(29)18-15-22-21(23-16-18)27-13-9-25(10-14-27)19-5-3-2-4-6-19/h2-6,15-16H,7-14H2,1H3. The first-order chi connectivity index (χ1) is 14.1. The molecule has 2 aliphatic rings. The largest absolute Gasteiger partial charge is 0.368 e. The van der Waals surface area contributed by atoms with Crippen molar-refractivity contribution in [3.05, 3.63) is 48.3 Å². The summed E-state index contributed by atoms with van der Waals surface area (Å²) in [5.74, 6) is 0.640. The van der Waals surface area contributed by atoms with Crippen molar-refractivity contribution >= 4 is 23.5 Å². The first-order valence-electron chi connectivity index (χ1n) is 10.0. The molecule has 0 bridgehead atoms. The molecule has 2 amide bonds. The van der Waals surface area contributed by atoms with Crippen LogP contribution in [0.3, 0.4) is 0 Å². The summed E-state index contributed by atoms with van der Waals surface area (Å²) in [5.41, 5.74) is 1.73. The fraction of sp³-hybridized carbons (Fsp3) is 0.429. The molecule has 1 aromatic carbocycles. The highest BCUT2D eigenvalue weighted by Crippen LogP contribution is 2.18. The average molecular weight is 394 g/mol. The number of carbonyl (C=O) groups is 2. The summed E-state index contributed by atoms with van der Waals surface area (Å²) in [4.78, 5) is 41.0. The lowest BCUT2D eigenvalue weighted by Crippen LogP contribution is -2.50. The number of para-hydroxylation sites is 1. The van der Waals surface area contributed by atoms with E-state index in [1.165, 1.54) is 5.69 Å². The Morgan fingerprint density at radius 3 is 1.90 bits per heavy atom. The van der Waals surface area contributed by atoms with E-state index in [0.717, 1.165) is 26.2 Å². The van der Waals surface area contributed by atoms with Gasteiger partial charge in [0.05, 0.1) is 5.56 Å². The van der Waals surface area contributed by atoms with Gasteiger partial charge in [-0.25, -0.2) is 9.97 Å². The summed E-state index contributed by atoms with van der Waals surface area (Å²) in [5, 5.41) is 0. The molecule has 152 valence electrons. The number of hydrogen-bond donors (Lipinski definition) is 0. The summed E-state index contributed by atoms with van der Waals surface area (Å²) < 4.78 is 0. The van der Waals surface area contributed by atoms with E-state index in [4.69, 9.17) is 0 Å². The zero-order valence-electron chi connectivity index (χ0n) is 16.7. The van der Waals surface area contributed by atoms with Crippen molar-refractivity contribution < 1.29 is 9.59 Å². The molecular formula is C21H26N6O2. The second kappa shape index (κ2) is 8.46. The van der Waals surface area contributed by atoms with E-state index in [1.807, 2.05) is 6.07 Å². The molecule has 0 saturated carbocycles. The predicted octanol–water partition coefficient (Wildman–Crippen LogP) is 1.11. The minimum atomic E-state index is -0.0753. The smallest absolute Gasteiger partial charge is 0.257 e. The normalized spacial score (nSPS) is 17.4. The van der Waals surface area contributed by atoms with Gasteiger partial charge in [0.1, 0.15) is 0 Å². The molecule has 4 rings (SSSR count). The highest BCUT2D eigenvalue weighted by Gasteiger charge is 2.24. The molecule has 2 fully saturated rings. The van der Waals surface area contributed by atoms with Crippen LogP contribution >= 0.6 is 0 Å². The maximum Gasteiger partial charge on any atom is 0.257 e. The number of aromatic nitrogens is 2. The van der Waals surface area contributed by atoms with Gasteiger partial charge in [-0.1, -0.05) is 18.2 Å². The third kappa shape index (κ3) is 4.31. The van der Waals surface area contributed by atoms with Crippen molar-refractivity contribution in [2.75, 3.05) is 62.2 Å². The zero-order valence-corrected chi connectivity index (χ0v) is 16.7. The number of piperazine rings is 2. The molecule has 2 aromatic rings. The predicted molar refractivity (Wildman–Crippen MR) is 111 cm³/mol. The van der Waals surface area contributed by atoms with Gasteiger partial charge >= 0.3 is 0 Å². The fourth-order valence-corrected chi connectivity index (χ4v) is 3.81. The van der Waals surface area contributed by atoms with E-state index >= 15 is 0 Å². The van der Waals surface area contributed by atoms with E-state index in [-0.39, 0.29) is 11.8 Å². The Kier molecular flexibility index (Phi) is 5.59. The quantitative estimate of drug-likeness (QED) is 0.777. The second-order valence-corrected chi connectivity index (χ2v) is 7.38. The third-order valence-corrected chi connectivity index (χ3v) is 5.58. The Morgan fingerprint density at radius 2 is 1.31 bits per heavy atom. The average Bonchev–Trinajstić information content (AvgIpc) is 2.79. The van der Waals surface area contributed by atoms with Crippen molar-refractivity contribution in [3.8, 4) is 0 Å². The molecule has 0 radical (unpaired) electrons. The van der Waals surface area contributed by atoms with E-state index in [2.05, 4.69) is 44.0 Å². The highest BCUT2D eigenvalue weighted by atomic mass is 16.2. The Hall–Kier alpha value is -3.16. The highest BCUT2D eigenvalue weighted by molar-refractivity contribution is 5.94. The van der Waals surface area contributed by atoms with Gasteiger partial charge in [-0.05, 0) is 12.1 Å². The van der Waals surface area contributed by atoms with Gasteiger partial charge in [0.25, 0.3) is 5.91 Å². The molecular weight excluding hydrogens is 368 g/mol. The molecule has 0 aliphatic carbocycles. The fourth-order valence-electron chi connectivity index (χ4n) is 3.81. The van der Waals surface area contributed by atoms with Gasteiger partial charge in [0.2, 0.25) is 11.9 Å². The molecule has 0 N–H and O–H groups in total. The molecule has 3 heterocycles. The molecule has 8 nitrogen and oxygen atoms in total. The molecule has 2 saturated heterocycles. The van der Waals surface area contributed by atoms with Crippen LogP contribution in [0.4, 0.5) is 11.6 Å². The van der Waals surface area contributed by atoms with Gasteiger partial charge < -0.3 is 19.6 Å². The van der Waals surface area contributed by atoms with Crippen molar-refractivity contribution in [1.82, 2.24) is 19.8 Å². The molecule has 2 aliphatic heterocycles. The van der Waals surface area contributed by atoms with Gasteiger partial charge in [-0.2, -0.15) is 0 Å². The minimum absolute atomic E-state index is 0.0529. The summed E-state index contributed by atoms with van der Waals surface area (Å²) in [7, 11) is 0. The van der Waals surface area contributed by atoms with Crippen LogP contribution in [0.5, 0.6) is 0 Å². The van der Waals surface area contributed by atoms with Crippen molar-refractivity contribution in [3.63, 3.8) is 0 Å². The lowest BCUT2D eigenvalue weighted by atomic mass is 10.2. The van der Waals surface area contributed by atoms with Gasteiger partial charge in [0.15, 0.2) is 0 Å². The minimum Gasteiger partial charge on any atom is -0.368 e. The summed E-state index contributed by atoms with van der Waals surface area (Å²) in [6.45, 7) is 7.30. The van der Waals surface area contributed by atoms with Crippen molar-refractivity contribution in [1.29, 1.82) is 0 Å². The topological polar surface area (TPSA) is 72.9 Å². The number of nitrogens with zero attached hydrogens (tertiary/aromatic N) is 6. The summed E-state index contributed by atoms with van der Waals surface area (Å²) in [6, 6.07) is 10.4. The van der Waals surface area contributed by atoms with Crippen LogP contribution in [0, 0.1) is 0 Å².